The Bertz CT molecular complexity index is 368. The lowest BCUT2D eigenvalue weighted by atomic mass is 10.1. The van der Waals surface area contributed by atoms with Crippen molar-refractivity contribution in [1.29, 1.82) is 0 Å². The molecule has 16 heavy (non-hydrogen) atoms. The van der Waals surface area contributed by atoms with Crippen LogP contribution in [0.25, 0.3) is 0 Å². The maximum atomic E-state index is 11.8. The molecule has 88 valence electrons. The van der Waals surface area contributed by atoms with Gasteiger partial charge >= 0.3 is 0 Å². The molecular weight excluding hydrogens is 289 g/mol. The molecule has 1 N–H and O–H groups in total. The molecule has 0 heterocycles. The molecule has 0 saturated heterocycles. The van der Waals surface area contributed by atoms with Crippen LogP contribution in [0, 0.1) is 0 Å². The molecule has 1 rings (SSSR count). The third kappa shape index (κ3) is 4.54. The smallest absolute Gasteiger partial charge is 0.251 e. The van der Waals surface area contributed by atoms with Crippen molar-refractivity contribution in [2.75, 3.05) is 0 Å². The number of nitrogens with one attached hydrogen (secondary N) is 1. The van der Waals surface area contributed by atoms with Crippen molar-refractivity contribution in [1.82, 2.24) is 5.32 Å². The second kappa shape index (κ2) is 6.26. The number of halogens is 2. The third-order valence-electron chi connectivity index (χ3n) is 2.14. The second-order valence-electron chi connectivity index (χ2n) is 3.90. The van der Waals surface area contributed by atoms with Crippen LogP contribution < -0.4 is 5.32 Å². The van der Waals surface area contributed by atoms with Gasteiger partial charge in [0.25, 0.3) is 5.91 Å². The SMILES string of the molecule is CC(Br)CC(C)NC(=O)c1cccc(Cl)c1. The van der Waals surface area contributed by atoms with E-state index in [2.05, 4.69) is 28.2 Å². The van der Waals surface area contributed by atoms with Gasteiger partial charge in [-0.15, -0.1) is 0 Å². The fourth-order valence-corrected chi connectivity index (χ4v) is 2.23. The van der Waals surface area contributed by atoms with Gasteiger partial charge < -0.3 is 5.32 Å². The van der Waals surface area contributed by atoms with Gasteiger partial charge in [0.2, 0.25) is 0 Å². The highest BCUT2D eigenvalue weighted by atomic mass is 79.9. The van der Waals surface area contributed by atoms with Gasteiger partial charge in [0, 0.05) is 21.5 Å². The molecule has 0 bridgehead atoms. The first-order valence-electron chi connectivity index (χ1n) is 5.19. The zero-order valence-corrected chi connectivity index (χ0v) is 11.7. The standard InChI is InChI=1S/C12H15BrClNO/c1-8(13)6-9(2)15-12(16)10-4-3-5-11(14)7-10/h3-5,7-9H,6H2,1-2H3,(H,15,16). The van der Waals surface area contributed by atoms with Crippen molar-refractivity contribution in [3.05, 3.63) is 34.9 Å². The van der Waals surface area contributed by atoms with Gasteiger partial charge in [-0.25, -0.2) is 0 Å². The average molecular weight is 305 g/mol. The van der Waals surface area contributed by atoms with Crippen LogP contribution in [-0.4, -0.2) is 16.8 Å². The minimum absolute atomic E-state index is 0.0804. The van der Waals surface area contributed by atoms with Crippen LogP contribution in [0.2, 0.25) is 5.02 Å². The maximum absolute atomic E-state index is 11.8. The first-order chi connectivity index (χ1) is 7.49. The minimum Gasteiger partial charge on any atom is -0.350 e. The van der Waals surface area contributed by atoms with Crippen molar-refractivity contribution < 1.29 is 4.79 Å². The maximum Gasteiger partial charge on any atom is 0.251 e. The number of benzene rings is 1. The third-order valence-corrected chi connectivity index (χ3v) is 2.75. The Kier molecular flexibility index (Phi) is 5.29. The Morgan fingerprint density at radius 1 is 1.50 bits per heavy atom. The van der Waals surface area contributed by atoms with Crippen LogP contribution in [-0.2, 0) is 0 Å². The molecule has 0 spiro atoms. The monoisotopic (exact) mass is 303 g/mol. The normalized spacial score (nSPS) is 14.2. The van der Waals surface area contributed by atoms with E-state index in [1.165, 1.54) is 0 Å². The summed E-state index contributed by atoms with van der Waals surface area (Å²) in [5.41, 5.74) is 0.599. The summed E-state index contributed by atoms with van der Waals surface area (Å²) in [4.78, 5) is 12.2. The molecule has 0 aromatic heterocycles. The number of rotatable bonds is 4. The van der Waals surface area contributed by atoms with Crippen molar-refractivity contribution in [2.45, 2.75) is 31.1 Å². The van der Waals surface area contributed by atoms with Crippen LogP contribution in [0.5, 0.6) is 0 Å². The van der Waals surface area contributed by atoms with Gasteiger partial charge in [0.15, 0.2) is 0 Å². The fourth-order valence-electron chi connectivity index (χ4n) is 1.48. The molecule has 0 aliphatic heterocycles. The molecule has 0 radical (unpaired) electrons. The number of hydrogen-bond donors (Lipinski definition) is 1. The lowest BCUT2D eigenvalue weighted by Gasteiger charge is -2.15. The highest BCUT2D eigenvalue weighted by Crippen LogP contribution is 2.12. The Morgan fingerprint density at radius 2 is 2.19 bits per heavy atom. The van der Waals surface area contributed by atoms with Gasteiger partial charge in [-0.2, -0.15) is 0 Å². The van der Waals surface area contributed by atoms with Crippen LogP contribution in [0.4, 0.5) is 0 Å². The Morgan fingerprint density at radius 3 is 2.75 bits per heavy atom. The molecule has 2 unspecified atom stereocenters. The first-order valence-corrected chi connectivity index (χ1v) is 6.49. The number of alkyl halides is 1. The zero-order valence-electron chi connectivity index (χ0n) is 9.34. The van der Waals surface area contributed by atoms with E-state index < -0.39 is 0 Å². The van der Waals surface area contributed by atoms with Crippen molar-refractivity contribution >= 4 is 33.4 Å². The van der Waals surface area contributed by atoms with E-state index in [-0.39, 0.29) is 11.9 Å². The van der Waals surface area contributed by atoms with Gasteiger partial charge in [0.05, 0.1) is 0 Å². The summed E-state index contributed by atoms with van der Waals surface area (Å²) in [7, 11) is 0. The summed E-state index contributed by atoms with van der Waals surface area (Å²) in [6.45, 7) is 4.04. The zero-order chi connectivity index (χ0) is 12.1. The molecular formula is C12H15BrClNO. The van der Waals surface area contributed by atoms with Gasteiger partial charge in [-0.1, -0.05) is 40.5 Å². The summed E-state index contributed by atoms with van der Waals surface area (Å²) in [6, 6.07) is 7.09. The van der Waals surface area contributed by atoms with Crippen molar-refractivity contribution in [3.8, 4) is 0 Å². The van der Waals surface area contributed by atoms with Crippen molar-refractivity contribution in [2.24, 2.45) is 0 Å². The topological polar surface area (TPSA) is 29.1 Å². The van der Waals surface area contributed by atoms with E-state index in [0.29, 0.717) is 15.4 Å². The average Bonchev–Trinajstić information content (AvgIpc) is 2.16. The lowest BCUT2D eigenvalue weighted by molar-refractivity contribution is 0.0938. The van der Waals surface area contributed by atoms with Crippen LogP contribution in [0.1, 0.15) is 30.6 Å². The quantitative estimate of drug-likeness (QED) is 0.846. The Labute approximate surface area is 110 Å². The van der Waals surface area contributed by atoms with Gasteiger partial charge in [-0.3, -0.25) is 4.79 Å². The highest BCUT2D eigenvalue weighted by molar-refractivity contribution is 9.09. The molecule has 1 amide bonds. The lowest BCUT2D eigenvalue weighted by Crippen LogP contribution is -2.33. The molecule has 1 aromatic carbocycles. The van der Waals surface area contributed by atoms with E-state index in [1.54, 1.807) is 24.3 Å². The molecule has 0 fully saturated rings. The van der Waals surface area contributed by atoms with Crippen LogP contribution >= 0.6 is 27.5 Å². The van der Waals surface area contributed by atoms with Crippen LogP contribution in [0.3, 0.4) is 0 Å². The minimum atomic E-state index is -0.0804. The predicted molar refractivity (Wildman–Crippen MR) is 71.4 cm³/mol. The molecule has 0 aliphatic carbocycles. The van der Waals surface area contributed by atoms with E-state index in [4.69, 9.17) is 11.6 Å². The largest absolute Gasteiger partial charge is 0.350 e. The van der Waals surface area contributed by atoms with Gasteiger partial charge in [-0.05, 0) is 31.5 Å². The fraction of sp³-hybridized carbons (Fsp3) is 0.417. The molecule has 0 aliphatic rings. The number of hydrogen-bond acceptors (Lipinski definition) is 1. The molecule has 0 saturated carbocycles. The van der Waals surface area contributed by atoms with E-state index >= 15 is 0 Å². The number of amides is 1. The van der Waals surface area contributed by atoms with Crippen LogP contribution in [0.15, 0.2) is 24.3 Å². The summed E-state index contributed by atoms with van der Waals surface area (Å²) in [6.07, 6.45) is 0.895. The second-order valence-corrected chi connectivity index (χ2v) is 5.90. The predicted octanol–water partition coefficient (Wildman–Crippen LogP) is 3.63. The summed E-state index contributed by atoms with van der Waals surface area (Å²) < 4.78 is 0. The molecule has 2 nitrogen and oxygen atoms in total. The Hall–Kier alpha value is -0.540. The molecule has 4 heteroatoms. The Balaban J connectivity index is 2.59. The van der Waals surface area contributed by atoms with E-state index in [1.807, 2.05) is 6.92 Å². The highest BCUT2D eigenvalue weighted by Gasteiger charge is 2.11. The summed E-state index contributed by atoms with van der Waals surface area (Å²) in [5, 5.41) is 3.51. The number of carbonyl (C=O) groups excluding carboxylic acids is 1. The summed E-state index contributed by atoms with van der Waals surface area (Å²) >= 11 is 9.28. The van der Waals surface area contributed by atoms with Gasteiger partial charge in [0.1, 0.15) is 0 Å². The van der Waals surface area contributed by atoms with E-state index in [9.17, 15) is 4.79 Å². The summed E-state index contributed by atoms with van der Waals surface area (Å²) in [5.74, 6) is -0.0804. The van der Waals surface area contributed by atoms with E-state index in [0.717, 1.165) is 6.42 Å². The first kappa shape index (κ1) is 13.5. The molecule has 2 atom stereocenters. The number of carbonyl (C=O) groups is 1. The van der Waals surface area contributed by atoms with Crippen molar-refractivity contribution in [3.63, 3.8) is 0 Å². The molecule has 1 aromatic rings.